The fourth-order valence-electron chi connectivity index (χ4n) is 2.90. The van der Waals surface area contributed by atoms with E-state index in [1.165, 1.54) is 12.1 Å². The van der Waals surface area contributed by atoms with Crippen molar-refractivity contribution < 1.29 is 14.2 Å². The van der Waals surface area contributed by atoms with Crippen LogP contribution in [0.1, 0.15) is 25.3 Å². The Balaban J connectivity index is 1.71. The van der Waals surface area contributed by atoms with Gasteiger partial charge in [0.25, 0.3) is 5.69 Å². The molecule has 3 aromatic rings. The molecule has 0 radical (unpaired) electrons. The zero-order chi connectivity index (χ0) is 20.8. The Morgan fingerprint density at radius 2 is 1.93 bits per heavy atom. The molecule has 0 spiro atoms. The summed E-state index contributed by atoms with van der Waals surface area (Å²) in [4.78, 5) is 29.2. The van der Waals surface area contributed by atoms with E-state index >= 15 is 0 Å². The number of benzene rings is 2. The van der Waals surface area contributed by atoms with Crippen LogP contribution in [0.3, 0.4) is 0 Å². The third kappa shape index (κ3) is 5.25. The van der Waals surface area contributed by atoms with Crippen LogP contribution in [0.2, 0.25) is 0 Å². The maximum absolute atomic E-state index is 12.6. The van der Waals surface area contributed by atoms with Crippen LogP contribution in [-0.2, 0) is 17.8 Å². The molecule has 0 saturated heterocycles. The van der Waals surface area contributed by atoms with Gasteiger partial charge in [0.15, 0.2) is 0 Å². The molecular weight excluding hydrogens is 372 g/mol. The molecule has 0 unspecified atom stereocenters. The van der Waals surface area contributed by atoms with Gasteiger partial charge in [-0.1, -0.05) is 61.5 Å². The Labute approximate surface area is 168 Å². The van der Waals surface area contributed by atoms with Crippen molar-refractivity contribution in [1.82, 2.24) is 15.0 Å². The molecule has 8 heteroatoms. The highest BCUT2D eigenvalue weighted by Gasteiger charge is 2.19. The summed E-state index contributed by atoms with van der Waals surface area (Å²) in [5, 5.41) is 14.9. The number of aromatic nitrogens is 2. The van der Waals surface area contributed by atoms with Crippen molar-refractivity contribution in [3.63, 3.8) is 0 Å². The molecule has 150 valence electrons. The number of hydrogen-bond donors (Lipinski definition) is 0. The van der Waals surface area contributed by atoms with Crippen LogP contribution < -0.4 is 0 Å². The quantitative estimate of drug-likeness (QED) is 0.424. The minimum absolute atomic E-state index is 0.0367. The van der Waals surface area contributed by atoms with Crippen LogP contribution in [0.15, 0.2) is 59.1 Å². The zero-order valence-electron chi connectivity index (χ0n) is 16.3. The van der Waals surface area contributed by atoms with Gasteiger partial charge in [-0.15, -0.1) is 0 Å². The summed E-state index contributed by atoms with van der Waals surface area (Å²) in [6.07, 6.45) is 0.396. The third-order valence-electron chi connectivity index (χ3n) is 4.40. The number of non-ortho nitro benzene ring substituents is 1. The lowest BCUT2D eigenvalue weighted by molar-refractivity contribution is -0.384. The largest absolute Gasteiger partial charge is 0.339 e. The van der Waals surface area contributed by atoms with Crippen molar-refractivity contribution in [2.45, 2.75) is 26.8 Å². The molecule has 0 aliphatic heterocycles. The Kier molecular flexibility index (Phi) is 6.33. The first-order valence-electron chi connectivity index (χ1n) is 9.34. The number of carbonyl (C=O) groups is 1. The molecule has 0 aliphatic rings. The number of nitrogens with zero attached hydrogens (tertiary/aromatic N) is 4. The Morgan fingerprint density at radius 1 is 1.17 bits per heavy atom. The first-order chi connectivity index (χ1) is 13.9. The van der Waals surface area contributed by atoms with Gasteiger partial charge in [0.1, 0.15) is 0 Å². The molecule has 1 amide bonds. The maximum Gasteiger partial charge on any atom is 0.270 e. The molecule has 2 aromatic carbocycles. The first-order valence-corrected chi connectivity index (χ1v) is 9.34. The predicted octanol–water partition coefficient (Wildman–Crippen LogP) is 3.87. The van der Waals surface area contributed by atoms with Crippen molar-refractivity contribution in [3.8, 4) is 11.4 Å². The molecule has 1 heterocycles. The number of nitro groups is 1. The van der Waals surface area contributed by atoms with Crippen molar-refractivity contribution in [3.05, 3.63) is 76.2 Å². The maximum atomic E-state index is 12.6. The lowest BCUT2D eigenvalue weighted by Gasteiger charge is -2.24. The van der Waals surface area contributed by atoms with Crippen LogP contribution >= 0.6 is 0 Å². The first kappa shape index (κ1) is 20.2. The van der Waals surface area contributed by atoms with Gasteiger partial charge in [0, 0.05) is 43.1 Å². The van der Waals surface area contributed by atoms with Crippen molar-refractivity contribution in [1.29, 1.82) is 0 Å². The standard InChI is InChI=1S/C21H22N4O4/c1-15(2)21(26)24(14-16-7-4-3-5-8-16)12-11-19-22-20(23-29-19)17-9-6-10-18(13-17)25(27)28/h3-10,13,15H,11-12,14H2,1-2H3. The molecule has 29 heavy (non-hydrogen) atoms. The van der Waals surface area contributed by atoms with Crippen LogP contribution in [-0.4, -0.2) is 32.4 Å². The molecule has 3 rings (SSSR count). The van der Waals surface area contributed by atoms with Crippen molar-refractivity contribution >= 4 is 11.6 Å². The van der Waals surface area contributed by atoms with E-state index in [0.29, 0.717) is 31.0 Å². The number of amides is 1. The van der Waals surface area contributed by atoms with Crippen LogP contribution in [0.4, 0.5) is 5.69 Å². The minimum Gasteiger partial charge on any atom is -0.339 e. The van der Waals surface area contributed by atoms with Gasteiger partial charge >= 0.3 is 0 Å². The predicted molar refractivity (Wildman–Crippen MR) is 107 cm³/mol. The third-order valence-corrected chi connectivity index (χ3v) is 4.40. The second-order valence-corrected chi connectivity index (χ2v) is 6.97. The van der Waals surface area contributed by atoms with E-state index in [1.807, 2.05) is 44.2 Å². The number of rotatable bonds is 8. The summed E-state index contributed by atoms with van der Waals surface area (Å²) in [5.41, 5.74) is 1.52. The van der Waals surface area contributed by atoms with Crippen LogP contribution in [0.25, 0.3) is 11.4 Å². The average molecular weight is 394 g/mol. The van der Waals surface area contributed by atoms with Gasteiger partial charge in [-0.05, 0) is 5.56 Å². The monoisotopic (exact) mass is 394 g/mol. The SMILES string of the molecule is CC(C)C(=O)N(CCc1nc(-c2cccc([N+](=O)[O-])c2)no1)Cc1ccccc1. The summed E-state index contributed by atoms with van der Waals surface area (Å²) in [6.45, 7) is 4.67. The molecule has 0 saturated carbocycles. The zero-order valence-corrected chi connectivity index (χ0v) is 16.3. The summed E-state index contributed by atoms with van der Waals surface area (Å²) >= 11 is 0. The van der Waals surface area contributed by atoms with E-state index in [2.05, 4.69) is 10.1 Å². The number of nitro benzene ring substituents is 1. The molecule has 0 fully saturated rings. The van der Waals surface area contributed by atoms with E-state index in [-0.39, 0.29) is 23.3 Å². The van der Waals surface area contributed by atoms with Gasteiger partial charge in [-0.25, -0.2) is 0 Å². The van der Waals surface area contributed by atoms with Gasteiger partial charge in [0.05, 0.1) is 4.92 Å². The van der Waals surface area contributed by atoms with Gasteiger partial charge in [-0.3, -0.25) is 14.9 Å². The highest BCUT2D eigenvalue weighted by molar-refractivity contribution is 5.78. The second kappa shape index (κ2) is 9.09. The summed E-state index contributed by atoms with van der Waals surface area (Å²) in [7, 11) is 0. The Bertz CT molecular complexity index is 985. The molecule has 8 nitrogen and oxygen atoms in total. The molecular formula is C21H22N4O4. The van der Waals surface area contributed by atoms with E-state index in [4.69, 9.17) is 4.52 Å². The highest BCUT2D eigenvalue weighted by atomic mass is 16.6. The van der Waals surface area contributed by atoms with Crippen LogP contribution in [0, 0.1) is 16.0 Å². The summed E-state index contributed by atoms with van der Waals surface area (Å²) < 4.78 is 5.29. The van der Waals surface area contributed by atoms with E-state index in [1.54, 1.807) is 17.0 Å². The Morgan fingerprint density at radius 3 is 2.62 bits per heavy atom. The van der Waals surface area contributed by atoms with E-state index in [0.717, 1.165) is 5.56 Å². The highest BCUT2D eigenvalue weighted by Crippen LogP contribution is 2.21. The van der Waals surface area contributed by atoms with E-state index in [9.17, 15) is 14.9 Å². The fourth-order valence-corrected chi connectivity index (χ4v) is 2.90. The average Bonchev–Trinajstić information content (AvgIpc) is 3.20. The molecule has 0 aliphatic carbocycles. The second-order valence-electron chi connectivity index (χ2n) is 6.97. The smallest absolute Gasteiger partial charge is 0.270 e. The summed E-state index contributed by atoms with van der Waals surface area (Å²) in [6, 6.07) is 15.8. The lowest BCUT2D eigenvalue weighted by Crippen LogP contribution is -2.35. The summed E-state index contributed by atoms with van der Waals surface area (Å²) in [5.74, 6) is 0.587. The van der Waals surface area contributed by atoms with Crippen molar-refractivity contribution in [2.24, 2.45) is 5.92 Å². The minimum atomic E-state index is -0.469. The topological polar surface area (TPSA) is 102 Å². The molecule has 0 atom stereocenters. The fraction of sp³-hybridized carbons (Fsp3) is 0.286. The van der Waals surface area contributed by atoms with Gasteiger partial charge in [0.2, 0.25) is 17.6 Å². The number of hydrogen-bond acceptors (Lipinski definition) is 6. The van der Waals surface area contributed by atoms with Crippen LogP contribution in [0.5, 0.6) is 0 Å². The number of carbonyl (C=O) groups excluding carboxylic acids is 1. The molecule has 0 bridgehead atoms. The Hall–Kier alpha value is -3.55. The normalized spacial score (nSPS) is 10.9. The lowest BCUT2D eigenvalue weighted by atomic mass is 10.1. The molecule has 1 aromatic heterocycles. The van der Waals surface area contributed by atoms with Gasteiger partial charge in [-0.2, -0.15) is 4.98 Å². The van der Waals surface area contributed by atoms with Gasteiger partial charge < -0.3 is 9.42 Å². The van der Waals surface area contributed by atoms with E-state index < -0.39 is 4.92 Å². The van der Waals surface area contributed by atoms with Crippen molar-refractivity contribution in [2.75, 3.05) is 6.54 Å². The molecule has 0 N–H and O–H groups in total.